The molecule has 0 aliphatic carbocycles. The molecule has 2 aliphatic rings. The monoisotopic (exact) mass is 675 g/mol. The number of alkyl halides is 4. The van der Waals surface area contributed by atoms with Crippen molar-refractivity contribution in [3.8, 4) is 0 Å². The lowest BCUT2D eigenvalue weighted by atomic mass is 9.98. The number of hydrogen-bond acceptors (Lipinski definition) is 6. The first-order valence-electron chi connectivity index (χ1n) is 9.16. The molecule has 8 nitrogen and oxygen atoms in total. The molecule has 3 heterocycles. The molecule has 3 atom stereocenters. The predicted octanol–water partition coefficient (Wildman–Crippen LogP) is 4.66. The molecule has 0 saturated carbocycles. The number of carbonyl (C=O) groups is 1. The number of benzene rings is 1. The van der Waals surface area contributed by atoms with Crippen LogP contribution in [0.4, 0.5) is 13.2 Å². The van der Waals surface area contributed by atoms with E-state index in [1.54, 1.807) is 11.0 Å². The van der Waals surface area contributed by atoms with Gasteiger partial charge in [0.05, 0.1) is 12.1 Å². The normalized spacial score (nSPS) is 26.0. The summed E-state index contributed by atoms with van der Waals surface area (Å²) in [5.41, 5.74) is 2.71. The van der Waals surface area contributed by atoms with E-state index in [0.29, 0.717) is 27.6 Å². The van der Waals surface area contributed by atoms with E-state index in [2.05, 4.69) is 80.4 Å². The van der Waals surface area contributed by atoms with Crippen LogP contribution < -0.4 is 5.43 Å². The van der Waals surface area contributed by atoms with E-state index in [0.717, 1.165) is 12.1 Å². The first-order valence-corrected chi connectivity index (χ1v) is 11.8. The fourth-order valence-corrected chi connectivity index (χ4v) is 4.98. The molecule has 31 heavy (non-hydrogen) atoms. The lowest BCUT2D eigenvalue weighted by Gasteiger charge is -2.32. The number of aromatic nitrogens is 3. The third-order valence-corrected chi connectivity index (χ3v) is 8.10. The maximum Gasteiger partial charge on any atom is 0.416 e. The van der Waals surface area contributed by atoms with Gasteiger partial charge in [0.1, 0.15) is 15.8 Å². The zero-order chi connectivity index (χ0) is 22.4. The third-order valence-electron chi connectivity index (χ3n) is 5.16. The highest BCUT2D eigenvalue weighted by atomic mass is 127. The van der Waals surface area contributed by atoms with Crippen LogP contribution in [0, 0.1) is 0 Å². The van der Waals surface area contributed by atoms with Crippen molar-refractivity contribution >= 4 is 60.4 Å². The van der Waals surface area contributed by atoms with Crippen LogP contribution in [0.1, 0.15) is 30.1 Å². The lowest BCUT2D eigenvalue weighted by molar-refractivity contribution is -0.137. The van der Waals surface area contributed by atoms with E-state index >= 15 is 0 Å². The van der Waals surface area contributed by atoms with Crippen molar-refractivity contribution < 1.29 is 18.0 Å². The fraction of sp³-hybridized carbons (Fsp3) is 0.471. The number of nitrogens with zero attached hydrogens (tertiary/aromatic N) is 6. The van der Waals surface area contributed by atoms with Crippen molar-refractivity contribution in [2.75, 3.05) is 6.54 Å². The Hall–Kier alpha value is -1.29. The minimum Gasteiger partial charge on any atom is -0.316 e. The number of rotatable bonds is 5. The van der Waals surface area contributed by atoms with Gasteiger partial charge in [-0.2, -0.15) is 23.1 Å². The first-order chi connectivity index (χ1) is 14.6. The second kappa shape index (κ2) is 8.57. The highest BCUT2D eigenvalue weighted by Crippen LogP contribution is 2.37. The number of nitrogens with one attached hydrogen (secondary N) is 1. The van der Waals surface area contributed by atoms with Gasteiger partial charge < -0.3 is 4.90 Å². The lowest BCUT2D eigenvalue weighted by Crippen LogP contribution is -2.50. The summed E-state index contributed by atoms with van der Waals surface area (Å²) >= 11 is 8.70. The molecule has 0 spiro atoms. The summed E-state index contributed by atoms with van der Waals surface area (Å²) in [5.74, 6) is -0.0607. The van der Waals surface area contributed by atoms with Crippen molar-refractivity contribution in [1.29, 1.82) is 0 Å². The van der Waals surface area contributed by atoms with Crippen molar-refractivity contribution in [2.24, 2.45) is 10.3 Å². The fourth-order valence-electron chi connectivity index (χ4n) is 3.63. The van der Waals surface area contributed by atoms with Gasteiger partial charge in [-0.05, 0) is 49.9 Å². The van der Waals surface area contributed by atoms with Crippen molar-refractivity contribution in [1.82, 2.24) is 25.3 Å². The quantitative estimate of drug-likeness (QED) is 0.284. The number of hydrogen-bond donors (Lipinski definition) is 1. The first kappa shape index (κ1) is 22.9. The summed E-state index contributed by atoms with van der Waals surface area (Å²) < 4.78 is 39.5. The maximum absolute atomic E-state index is 13.1. The van der Waals surface area contributed by atoms with Gasteiger partial charge in [0.25, 0.3) is 0 Å². The molecule has 2 aliphatic heterocycles. The Morgan fingerprint density at radius 2 is 1.97 bits per heavy atom. The van der Waals surface area contributed by atoms with E-state index in [9.17, 15) is 18.0 Å². The number of carbonyl (C=O) groups excluding carboxylic acids is 1. The van der Waals surface area contributed by atoms with E-state index in [1.165, 1.54) is 10.9 Å². The molecule has 2 aromatic rings. The second-order valence-corrected chi connectivity index (χ2v) is 10.7. The summed E-state index contributed by atoms with van der Waals surface area (Å²) in [7, 11) is 0. The molecule has 1 aromatic carbocycles. The average Bonchev–Trinajstić information content (AvgIpc) is 3.34. The summed E-state index contributed by atoms with van der Waals surface area (Å²) in [6, 6.07) is 4.73. The Morgan fingerprint density at radius 3 is 2.65 bits per heavy atom. The third kappa shape index (κ3) is 4.74. The molecule has 0 radical (unpaired) electrons. The Bertz CT molecular complexity index is 1010. The zero-order valence-electron chi connectivity index (χ0n) is 15.7. The Kier molecular flexibility index (Phi) is 6.33. The van der Waals surface area contributed by atoms with Gasteiger partial charge in [0.2, 0.25) is 5.91 Å². The molecule has 14 heteroatoms. The molecule has 1 fully saturated rings. The molecule has 3 unspecified atom stereocenters. The van der Waals surface area contributed by atoms with Crippen LogP contribution >= 0.6 is 54.5 Å². The van der Waals surface area contributed by atoms with Crippen LogP contribution in [-0.2, 0) is 17.4 Å². The van der Waals surface area contributed by atoms with Crippen LogP contribution in [0.5, 0.6) is 0 Å². The van der Waals surface area contributed by atoms with Gasteiger partial charge in [0, 0.05) is 12.8 Å². The molecular formula is C17H15Br2F3IN7O. The number of amides is 1. The predicted molar refractivity (Wildman–Crippen MR) is 119 cm³/mol. The molecule has 1 amide bonds. The van der Waals surface area contributed by atoms with Gasteiger partial charge in [-0.3, -0.25) is 10.2 Å². The summed E-state index contributed by atoms with van der Waals surface area (Å²) in [5, 5.41) is 16.7. The molecule has 4 rings (SSSR count). The average molecular weight is 677 g/mol. The Balaban J connectivity index is 1.53. The highest BCUT2D eigenvalue weighted by molar-refractivity contribution is 14.1. The summed E-state index contributed by atoms with van der Waals surface area (Å²) in [4.78, 5) is 15.7. The smallest absolute Gasteiger partial charge is 0.316 e. The molecule has 1 aromatic heterocycles. The Morgan fingerprint density at radius 1 is 1.26 bits per heavy atom. The summed E-state index contributed by atoms with van der Waals surface area (Å²) in [6.45, 7) is 0.235. The molecule has 1 N–H and O–H groups in total. The van der Waals surface area contributed by atoms with Crippen molar-refractivity contribution in [3.05, 3.63) is 44.6 Å². The van der Waals surface area contributed by atoms with Crippen LogP contribution in [0.15, 0.2) is 43.8 Å². The topological polar surface area (TPSA) is 87.8 Å². The minimum atomic E-state index is -4.42. The zero-order valence-corrected chi connectivity index (χ0v) is 21.0. The molecular weight excluding hydrogens is 662 g/mol. The van der Waals surface area contributed by atoms with Crippen molar-refractivity contribution in [3.63, 3.8) is 0 Å². The van der Waals surface area contributed by atoms with Gasteiger partial charge >= 0.3 is 6.18 Å². The summed E-state index contributed by atoms with van der Waals surface area (Å²) in [6.07, 6.45) is -3.65. The minimum absolute atomic E-state index is 0.0607. The van der Waals surface area contributed by atoms with Gasteiger partial charge in [-0.1, -0.05) is 46.0 Å². The maximum atomic E-state index is 13.1. The van der Waals surface area contributed by atoms with Gasteiger partial charge in [0.15, 0.2) is 9.21 Å². The van der Waals surface area contributed by atoms with E-state index in [1.807, 2.05) is 0 Å². The number of likely N-dealkylation sites (tertiary alicyclic amines) is 1. The van der Waals surface area contributed by atoms with Crippen LogP contribution in [-0.4, -0.2) is 41.9 Å². The second-order valence-electron chi connectivity index (χ2n) is 7.25. The Labute approximate surface area is 205 Å². The van der Waals surface area contributed by atoms with Gasteiger partial charge in [-0.15, -0.1) is 10.2 Å². The number of halogens is 6. The SMILES string of the molecule is O=C1CCC(n2nc(Br)c(Br)n2)N1CC1N=NNC1(I)Cc1cccc(C(F)(F)F)c1. The highest BCUT2D eigenvalue weighted by Gasteiger charge is 2.45. The largest absolute Gasteiger partial charge is 0.416 e. The van der Waals surface area contributed by atoms with Crippen LogP contribution in [0.2, 0.25) is 0 Å². The molecule has 166 valence electrons. The van der Waals surface area contributed by atoms with E-state index in [4.69, 9.17) is 0 Å². The van der Waals surface area contributed by atoms with Crippen LogP contribution in [0.25, 0.3) is 0 Å². The van der Waals surface area contributed by atoms with Crippen LogP contribution in [0.3, 0.4) is 0 Å². The van der Waals surface area contributed by atoms with E-state index in [-0.39, 0.29) is 25.0 Å². The van der Waals surface area contributed by atoms with E-state index < -0.39 is 21.3 Å². The molecule has 0 bridgehead atoms. The molecule has 1 saturated heterocycles. The van der Waals surface area contributed by atoms with Gasteiger partial charge in [-0.25, -0.2) is 0 Å². The standard InChI is InChI=1S/C17H15Br2F3IN7O/c18-14-15(19)26-30(25-14)12-4-5-13(31)29(12)8-11-16(23,27-28-24-11)7-9-2-1-3-10(6-9)17(20,21)22/h1-3,6,11-12H,4-5,7-8H2,(H,24,27). The van der Waals surface area contributed by atoms with Crippen molar-refractivity contribution in [2.45, 2.75) is 41.2 Å².